The van der Waals surface area contributed by atoms with E-state index < -0.39 is 17.6 Å². The summed E-state index contributed by atoms with van der Waals surface area (Å²) < 4.78 is 40.5. The Kier molecular flexibility index (Phi) is 5.15. The number of amides is 1. The van der Waals surface area contributed by atoms with Crippen LogP contribution in [0.1, 0.15) is 32.2 Å². The van der Waals surface area contributed by atoms with Gasteiger partial charge >= 0.3 is 6.18 Å². The van der Waals surface area contributed by atoms with Crippen LogP contribution < -0.4 is 5.73 Å². The van der Waals surface area contributed by atoms with E-state index in [1.165, 1.54) is 17.0 Å². The Labute approximate surface area is 159 Å². The number of nitrogens with two attached hydrogens (primary N) is 1. The van der Waals surface area contributed by atoms with Gasteiger partial charge in [0.1, 0.15) is 0 Å². The molecule has 0 unspecified atom stereocenters. The van der Waals surface area contributed by atoms with Gasteiger partial charge in [-0.1, -0.05) is 18.2 Å². The van der Waals surface area contributed by atoms with E-state index in [9.17, 15) is 18.0 Å². The van der Waals surface area contributed by atoms with Crippen LogP contribution in [0.15, 0.2) is 41.8 Å². The van der Waals surface area contributed by atoms with E-state index >= 15 is 0 Å². The number of halogens is 3. The first kappa shape index (κ1) is 19.2. The highest BCUT2D eigenvalue weighted by atomic mass is 32.1. The second kappa shape index (κ2) is 7.23. The Bertz CT molecular complexity index is 955. The van der Waals surface area contributed by atoms with Crippen molar-refractivity contribution in [1.29, 1.82) is 0 Å². The lowest BCUT2D eigenvalue weighted by atomic mass is 9.99. The average molecular weight is 392 g/mol. The second-order valence-corrected chi connectivity index (χ2v) is 7.37. The van der Waals surface area contributed by atoms with Crippen LogP contribution >= 0.6 is 11.3 Å². The number of hydrogen-bond donors (Lipinski definition) is 1. The van der Waals surface area contributed by atoms with Crippen LogP contribution in [0.2, 0.25) is 0 Å². The molecule has 0 atom stereocenters. The van der Waals surface area contributed by atoms with E-state index in [4.69, 9.17) is 5.73 Å². The van der Waals surface area contributed by atoms with Crippen LogP contribution in [0.25, 0.3) is 11.1 Å². The summed E-state index contributed by atoms with van der Waals surface area (Å²) in [6.45, 7) is 4.34. The van der Waals surface area contributed by atoms with Crippen molar-refractivity contribution in [3.8, 4) is 11.1 Å². The number of aromatic nitrogens is 1. The summed E-state index contributed by atoms with van der Waals surface area (Å²) in [6, 6.07) is 8.86. The molecule has 0 aliphatic heterocycles. The molecular weight excluding hydrogens is 373 g/mol. The fourth-order valence-corrected chi connectivity index (χ4v) is 4.07. The molecule has 0 bridgehead atoms. The molecular formula is C20H19F3N2OS. The Balaban J connectivity index is 2.03. The van der Waals surface area contributed by atoms with Gasteiger partial charge in [0.25, 0.3) is 5.91 Å². The molecule has 7 heteroatoms. The van der Waals surface area contributed by atoms with Crippen molar-refractivity contribution in [2.24, 2.45) is 5.73 Å². The molecule has 1 amide bonds. The van der Waals surface area contributed by atoms with E-state index in [1.54, 1.807) is 11.3 Å². The molecule has 3 rings (SSSR count). The smallest absolute Gasteiger partial charge is 0.366 e. The van der Waals surface area contributed by atoms with E-state index in [0.29, 0.717) is 23.2 Å². The van der Waals surface area contributed by atoms with Gasteiger partial charge < -0.3 is 10.3 Å². The summed E-state index contributed by atoms with van der Waals surface area (Å²) in [5.41, 5.74) is 7.92. The van der Waals surface area contributed by atoms with Crippen LogP contribution in [0.4, 0.5) is 13.2 Å². The minimum atomic E-state index is -4.40. The topological polar surface area (TPSA) is 48.0 Å². The van der Waals surface area contributed by atoms with Crippen molar-refractivity contribution in [3.63, 3.8) is 0 Å². The summed E-state index contributed by atoms with van der Waals surface area (Å²) in [5, 5.41) is 2.01. The summed E-state index contributed by atoms with van der Waals surface area (Å²) in [7, 11) is 0. The number of benzene rings is 1. The Morgan fingerprint density at radius 1 is 1.11 bits per heavy atom. The van der Waals surface area contributed by atoms with Crippen LogP contribution in [-0.2, 0) is 19.1 Å². The van der Waals surface area contributed by atoms with Crippen molar-refractivity contribution in [3.05, 3.63) is 69.2 Å². The zero-order valence-corrected chi connectivity index (χ0v) is 15.7. The first-order valence-corrected chi connectivity index (χ1v) is 9.27. The van der Waals surface area contributed by atoms with Crippen LogP contribution in [0, 0.1) is 13.8 Å². The molecule has 0 radical (unpaired) electrons. The monoisotopic (exact) mass is 392 g/mol. The van der Waals surface area contributed by atoms with Crippen molar-refractivity contribution in [2.75, 3.05) is 0 Å². The highest BCUT2D eigenvalue weighted by Crippen LogP contribution is 2.35. The fourth-order valence-electron chi connectivity index (χ4n) is 3.38. The van der Waals surface area contributed by atoms with E-state index in [1.807, 2.05) is 35.9 Å². The number of carbonyl (C=O) groups excluding carboxylic acids is 1. The van der Waals surface area contributed by atoms with Gasteiger partial charge in [0.2, 0.25) is 0 Å². The maximum atomic E-state index is 12.8. The largest absolute Gasteiger partial charge is 0.416 e. The van der Waals surface area contributed by atoms with Crippen LogP contribution in [0.3, 0.4) is 0 Å². The highest BCUT2D eigenvalue weighted by Gasteiger charge is 2.30. The van der Waals surface area contributed by atoms with Gasteiger partial charge in [0, 0.05) is 28.4 Å². The standard InChI is InChI=1S/C20H19F3N2OS/c1-12-17(14-5-7-15(8-6-14)20(21,22)23)18(19(24)26)13(2)25(12)10-9-16-4-3-11-27-16/h3-8,11H,9-10H2,1-2H3,(H2,24,26). The van der Waals surface area contributed by atoms with Crippen LogP contribution in [-0.4, -0.2) is 10.5 Å². The lowest BCUT2D eigenvalue weighted by Crippen LogP contribution is -2.14. The SMILES string of the molecule is Cc1c(C(N)=O)c(-c2ccc(C(F)(F)F)cc2)c(C)n1CCc1cccs1. The molecule has 0 saturated heterocycles. The second-order valence-electron chi connectivity index (χ2n) is 6.34. The lowest BCUT2D eigenvalue weighted by Gasteiger charge is -2.10. The molecule has 2 heterocycles. The van der Waals surface area contributed by atoms with Crippen molar-refractivity contribution in [2.45, 2.75) is 33.0 Å². The molecule has 27 heavy (non-hydrogen) atoms. The van der Waals surface area contributed by atoms with Gasteiger partial charge in [-0.15, -0.1) is 11.3 Å². The third-order valence-electron chi connectivity index (χ3n) is 4.69. The average Bonchev–Trinajstić information content (AvgIpc) is 3.19. The molecule has 0 spiro atoms. The highest BCUT2D eigenvalue weighted by molar-refractivity contribution is 7.09. The minimum Gasteiger partial charge on any atom is -0.366 e. The number of alkyl halides is 3. The van der Waals surface area contributed by atoms with Crippen molar-refractivity contribution >= 4 is 17.2 Å². The molecule has 0 aliphatic rings. The number of nitrogens with zero attached hydrogens (tertiary/aromatic N) is 1. The van der Waals surface area contributed by atoms with Gasteiger partial charge in [0.15, 0.2) is 0 Å². The normalized spacial score (nSPS) is 11.7. The molecule has 3 nitrogen and oxygen atoms in total. The van der Waals surface area contributed by atoms with E-state index in [2.05, 4.69) is 0 Å². The number of thiophene rings is 1. The number of primary amides is 1. The maximum absolute atomic E-state index is 12.8. The molecule has 2 N–H and O–H groups in total. The quantitative estimate of drug-likeness (QED) is 0.638. The van der Waals surface area contributed by atoms with Gasteiger partial charge in [-0.3, -0.25) is 4.79 Å². The zero-order valence-electron chi connectivity index (χ0n) is 14.9. The van der Waals surface area contributed by atoms with Gasteiger partial charge in [0.05, 0.1) is 11.1 Å². The molecule has 0 fully saturated rings. The van der Waals surface area contributed by atoms with Crippen molar-refractivity contribution < 1.29 is 18.0 Å². The predicted octanol–water partition coefficient (Wildman–Crippen LogP) is 5.19. The molecule has 2 aromatic heterocycles. The lowest BCUT2D eigenvalue weighted by molar-refractivity contribution is -0.137. The maximum Gasteiger partial charge on any atom is 0.416 e. The van der Waals surface area contributed by atoms with Gasteiger partial charge in [-0.05, 0) is 49.4 Å². The molecule has 142 valence electrons. The predicted molar refractivity (Wildman–Crippen MR) is 101 cm³/mol. The van der Waals surface area contributed by atoms with Crippen molar-refractivity contribution in [1.82, 2.24) is 4.57 Å². The zero-order chi connectivity index (χ0) is 19.8. The summed E-state index contributed by atoms with van der Waals surface area (Å²) in [4.78, 5) is 13.3. The number of carbonyl (C=O) groups is 1. The third kappa shape index (κ3) is 3.78. The fraction of sp³-hybridized carbons (Fsp3) is 0.250. The van der Waals surface area contributed by atoms with Gasteiger partial charge in [-0.2, -0.15) is 13.2 Å². The molecule has 1 aromatic carbocycles. The van der Waals surface area contributed by atoms with E-state index in [-0.39, 0.29) is 0 Å². The molecule has 0 aliphatic carbocycles. The van der Waals surface area contributed by atoms with E-state index in [0.717, 1.165) is 29.9 Å². The molecule has 3 aromatic rings. The number of rotatable bonds is 5. The summed E-state index contributed by atoms with van der Waals surface area (Å²) in [5.74, 6) is -0.583. The Morgan fingerprint density at radius 2 is 1.78 bits per heavy atom. The Morgan fingerprint density at radius 3 is 2.30 bits per heavy atom. The van der Waals surface area contributed by atoms with Gasteiger partial charge in [-0.25, -0.2) is 0 Å². The minimum absolute atomic E-state index is 0.360. The first-order chi connectivity index (χ1) is 12.7. The third-order valence-corrected chi connectivity index (χ3v) is 5.63. The summed E-state index contributed by atoms with van der Waals surface area (Å²) in [6.07, 6.45) is -3.60. The first-order valence-electron chi connectivity index (χ1n) is 8.39. The number of hydrogen-bond acceptors (Lipinski definition) is 2. The van der Waals surface area contributed by atoms with Crippen LogP contribution in [0.5, 0.6) is 0 Å². The number of aryl methyl sites for hydroxylation is 1. The summed E-state index contributed by atoms with van der Waals surface area (Å²) >= 11 is 1.66. The Hall–Kier alpha value is -2.54. The molecule has 0 saturated carbocycles.